The van der Waals surface area contributed by atoms with Crippen LogP contribution in [0.3, 0.4) is 0 Å². The molecular weight excluding hydrogens is 271 g/mol. The van der Waals surface area contributed by atoms with E-state index >= 15 is 0 Å². The molecule has 0 saturated carbocycles. The third-order valence-corrected chi connectivity index (χ3v) is 3.34. The van der Waals surface area contributed by atoms with Gasteiger partial charge in [-0.25, -0.2) is 13.4 Å². The quantitative estimate of drug-likeness (QED) is 0.920. The lowest BCUT2D eigenvalue weighted by atomic mass is 10.3. The first kappa shape index (κ1) is 13.5. The molecule has 0 aliphatic carbocycles. The number of rotatable bonds is 4. The van der Waals surface area contributed by atoms with Gasteiger partial charge in [-0.05, 0) is 13.0 Å². The standard InChI is InChI=1S/C9H12Cl2N2O2S/c1-6(5-16(2,14)15)13-9-8(11)3-7(10)4-12-9/h3-4,6H,5H2,1-2H3,(H,12,13). The summed E-state index contributed by atoms with van der Waals surface area (Å²) in [5, 5.41) is 3.72. The predicted molar refractivity (Wildman–Crippen MR) is 67.1 cm³/mol. The number of sulfone groups is 1. The van der Waals surface area contributed by atoms with Crippen LogP contribution in [0.2, 0.25) is 10.0 Å². The minimum Gasteiger partial charge on any atom is -0.365 e. The second-order valence-electron chi connectivity index (χ2n) is 3.62. The van der Waals surface area contributed by atoms with Gasteiger partial charge in [-0.2, -0.15) is 0 Å². The van der Waals surface area contributed by atoms with Crippen LogP contribution in [0.4, 0.5) is 5.82 Å². The Labute approximate surface area is 105 Å². The number of aromatic nitrogens is 1. The maximum Gasteiger partial charge on any atom is 0.149 e. The van der Waals surface area contributed by atoms with E-state index in [4.69, 9.17) is 23.2 Å². The largest absolute Gasteiger partial charge is 0.365 e. The Kier molecular flexibility index (Phi) is 4.41. The molecule has 0 spiro atoms. The summed E-state index contributed by atoms with van der Waals surface area (Å²) in [6.07, 6.45) is 2.63. The summed E-state index contributed by atoms with van der Waals surface area (Å²) < 4.78 is 22.1. The monoisotopic (exact) mass is 282 g/mol. The minimum absolute atomic E-state index is 0.0215. The van der Waals surface area contributed by atoms with Crippen LogP contribution in [0, 0.1) is 0 Å². The van der Waals surface area contributed by atoms with Gasteiger partial charge < -0.3 is 5.32 Å². The maximum absolute atomic E-state index is 11.1. The van der Waals surface area contributed by atoms with Crippen LogP contribution in [-0.4, -0.2) is 31.5 Å². The van der Waals surface area contributed by atoms with Gasteiger partial charge in [0.1, 0.15) is 15.7 Å². The minimum atomic E-state index is -3.02. The molecule has 0 aromatic carbocycles. The molecule has 1 atom stereocenters. The maximum atomic E-state index is 11.1. The van der Waals surface area contributed by atoms with Gasteiger partial charge in [0, 0.05) is 18.5 Å². The Hall–Kier alpha value is -0.520. The van der Waals surface area contributed by atoms with Gasteiger partial charge in [-0.1, -0.05) is 23.2 Å². The van der Waals surface area contributed by atoms with Crippen molar-refractivity contribution in [3.05, 3.63) is 22.3 Å². The van der Waals surface area contributed by atoms with Crippen LogP contribution >= 0.6 is 23.2 Å². The topological polar surface area (TPSA) is 59.1 Å². The first-order chi connectivity index (χ1) is 7.28. The van der Waals surface area contributed by atoms with Crippen LogP contribution < -0.4 is 5.32 Å². The number of nitrogens with one attached hydrogen (secondary N) is 1. The lowest BCUT2D eigenvalue weighted by Crippen LogP contribution is -2.25. The average Bonchev–Trinajstić information content (AvgIpc) is 2.06. The van der Waals surface area contributed by atoms with Crippen molar-refractivity contribution in [1.29, 1.82) is 0 Å². The fourth-order valence-electron chi connectivity index (χ4n) is 1.25. The van der Waals surface area contributed by atoms with Crippen molar-refractivity contribution in [2.45, 2.75) is 13.0 Å². The molecular formula is C9H12Cl2N2O2S. The lowest BCUT2D eigenvalue weighted by Gasteiger charge is -2.14. The van der Waals surface area contributed by atoms with E-state index < -0.39 is 9.84 Å². The fraction of sp³-hybridized carbons (Fsp3) is 0.444. The predicted octanol–water partition coefficient (Wildman–Crippen LogP) is 2.23. The van der Waals surface area contributed by atoms with E-state index in [0.29, 0.717) is 15.9 Å². The summed E-state index contributed by atoms with van der Waals surface area (Å²) in [4.78, 5) is 3.98. The Morgan fingerprint density at radius 3 is 2.62 bits per heavy atom. The molecule has 16 heavy (non-hydrogen) atoms. The summed E-state index contributed by atoms with van der Waals surface area (Å²) in [7, 11) is -3.02. The molecule has 4 nitrogen and oxygen atoms in total. The average molecular weight is 283 g/mol. The van der Waals surface area contributed by atoms with Crippen molar-refractivity contribution < 1.29 is 8.42 Å². The molecule has 1 aromatic heterocycles. The second-order valence-corrected chi connectivity index (χ2v) is 6.65. The second kappa shape index (κ2) is 5.21. The van der Waals surface area contributed by atoms with Crippen LogP contribution in [0.25, 0.3) is 0 Å². The van der Waals surface area contributed by atoms with Gasteiger partial charge in [0.2, 0.25) is 0 Å². The van der Waals surface area contributed by atoms with Crippen molar-refractivity contribution in [3.63, 3.8) is 0 Å². The van der Waals surface area contributed by atoms with Crippen molar-refractivity contribution in [1.82, 2.24) is 4.98 Å². The Bertz CT molecular complexity index is 476. The van der Waals surface area contributed by atoms with E-state index in [1.54, 1.807) is 13.0 Å². The van der Waals surface area contributed by atoms with E-state index in [1.165, 1.54) is 12.5 Å². The number of hydrogen-bond donors (Lipinski definition) is 1. The molecule has 0 aliphatic rings. The molecule has 0 radical (unpaired) electrons. The van der Waals surface area contributed by atoms with Gasteiger partial charge in [-0.15, -0.1) is 0 Å². The van der Waals surface area contributed by atoms with Gasteiger partial charge in [-0.3, -0.25) is 0 Å². The molecule has 1 rings (SSSR count). The van der Waals surface area contributed by atoms with Crippen molar-refractivity contribution in [3.8, 4) is 0 Å². The highest BCUT2D eigenvalue weighted by Crippen LogP contribution is 2.23. The summed E-state index contributed by atoms with van der Waals surface area (Å²) >= 11 is 11.6. The van der Waals surface area contributed by atoms with Gasteiger partial charge in [0.05, 0.1) is 15.8 Å². The summed E-state index contributed by atoms with van der Waals surface area (Å²) in [6.45, 7) is 1.74. The Balaban J connectivity index is 2.73. The Morgan fingerprint density at radius 1 is 1.50 bits per heavy atom. The molecule has 1 unspecified atom stereocenters. The van der Waals surface area contributed by atoms with Crippen LogP contribution in [0.15, 0.2) is 12.3 Å². The fourth-order valence-corrected chi connectivity index (χ4v) is 2.68. The molecule has 0 fully saturated rings. The Morgan fingerprint density at radius 2 is 2.12 bits per heavy atom. The summed E-state index contributed by atoms with van der Waals surface area (Å²) in [6, 6.07) is 1.28. The molecule has 7 heteroatoms. The number of halogens is 2. The first-order valence-corrected chi connectivity index (χ1v) is 7.35. The van der Waals surface area contributed by atoms with Gasteiger partial charge in [0.25, 0.3) is 0 Å². The lowest BCUT2D eigenvalue weighted by molar-refractivity contribution is 0.598. The zero-order valence-electron chi connectivity index (χ0n) is 8.87. The molecule has 1 aromatic rings. The first-order valence-electron chi connectivity index (χ1n) is 4.53. The summed E-state index contributed by atoms with van der Waals surface area (Å²) in [5.74, 6) is 0.454. The number of hydrogen-bond acceptors (Lipinski definition) is 4. The highest BCUT2D eigenvalue weighted by molar-refractivity contribution is 7.90. The molecule has 0 saturated heterocycles. The summed E-state index contributed by atoms with van der Waals surface area (Å²) in [5.41, 5.74) is 0. The molecule has 1 N–H and O–H groups in total. The molecule has 90 valence electrons. The van der Waals surface area contributed by atoms with E-state index in [2.05, 4.69) is 10.3 Å². The van der Waals surface area contributed by atoms with E-state index in [0.717, 1.165) is 0 Å². The highest BCUT2D eigenvalue weighted by atomic mass is 35.5. The SMILES string of the molecule is CC(CS(C)(=O)=O)Nc1ncc(Cl)cc1Cl. The number of nitrogens with zero attached hydrogens (tertiary/aromatic N) is 1. The van der Waals surface area contributed by atoms with Crippen molar-refractivity contribution in [2.75, 3.05) is 17.3 Å². The van der Waals surface area contributed by atoms with E-state index in [9.17, 15) is 8.42 Å². The molecule has 1 heterocycles. The van der Waals surface area contributed by atoms with Crippen molar-refractivity contribution >= 4 is 38.9 Å². The zero-order chi connectivity index (χ0) is 12.3. The van der Waals surface area contributed by atoms with Crippen LogP contribution in [0.5, 0.6) is 0 Å². The third-order valence-electron chi connectivity index (χ3n) is 1.74. The van der Waals surface area contributed by atoms with Crippen LogP contribution in [-0.2, 0) is 9.84 Å². The van der Waals surface area contributed by atoms with E-state index in [-0.39, 0.29) is 11.8 Å². The van der Waals surface area contributed by atoms with Gasteiger partial charge in [0.15, 0.2) is 0 Å². The zero-order valence-corrected chi connectivity index (χ0v) is 11.2. The number of pyridine rings is 1. The molecule has 0 aliphatic heterocycles. The smallest absolute Gasteiger partial charge is 0.149 e. The normalized spacial score (nSPS) is 13.5. The van der Waals surface area contributed by atoms with Crippen molar-refractivity contribution in [2.24, 2.45) is 0 Å². The number of anilines is 1. The highest BCUT2D eigenvalue weighted by Gasteiger charge is 2.12. The van der Waals surface area contributed by atoms with E-state index in [1.807, 2.05) is 0 Å². The molecule has 0 amide bonds. The van der Waals surface area contributed by atoms with Crippen LogP contribution in [0.1, 0.15) is 6.92 Å². The third kappa shape index (κ3) is 4.55. The van der Waals surface area contributed by atoms with Gasteiger partial charge >= 0.3 is 0 Å². The molecule has 0 bridgehead atoms.